The summed E-state index contributed by atoms with van der Waals surface area (Å²) in [5.74, 6) is 1.66. The van der Waals surface area contributed by atoms with Crippen LogP contribution in [0.3, 0.4) is 0 Å². The van der Waals surface area contributed by atoms with Crippen LogP contribution < -0.4 is 0 Å². The van der Waals surface area contributed by atoms with Crippen molar-refractivity contribution in [3.63, 3.8) is 0 Å². The summed E-state index contributed by atoms with van der Waals surface area (Å²) >= 11 is 0. The third kappa shape index (κ3) is 5.46. The van der Waals surface area contributed by atoms with Crippen LogP contribution in [-0.2, 0) is 0 Å². The number of fused-ring (bicyclic) bond motifs is 12. The fourth-order valence-corrected chi connectivity index (χ4v) is 9.09. The molecule has 13 aromatic rings. The lowest BCUT2D eigenvalue weighted by molar-refractivity contribution is 0.668. The van der Waals surface area contributed by atoms with E-state index < -0.39 is 0 Å². The molecule has 4 aromatic heterocycles. The molecule has 6 heteroatoms. The van der Waals surface area contributed by atoms with Crippen molar-refractivity contribution in [2.75, 3.05) is 0 Å². The summed E-state index contributed by atoms with van der Waals surface area (Å²) in [4.78, 5) is 15.8. The Hall–Kier alpha value is -8.09. The topological polar surface area (TPSA) is 69.9 Å². The Balaban J connectivity index is 0.00000197. The van der Waals surface area contributed by atoms with Crippen molar-refractivity contribution in [2.45, 2.75) is 13.8 Å². The highest BCUT2D eigenvalue weighted by atomic mass is 16.3. The highest BCUT2D eigenvalue weighted by Gasteiger charge is 2.22. The van der Waals surface area contributed by atoms with Crippen molar-refractivity contribution >= 4 is 87.2 Å². The molecular weight excluding hydrogens is 749 g/mol. The number of benzene rings is 9. The number of aromatic nitrogens is 4. The molecule has 0 N–H and O–H groups in total. The van der Waals surface area contributed by atoms with Crippen molar-refractivity contribution < 1.29 is 8.83 Å². The molecule has 4 heterocycles. The predicted molar refractivity (Wildman–Crippen MR) is 251 cm³/mol. The minimum Gasteiger partial charge on any atom is -0.456 e. The largest absolute Gasteiger partial charge is 0.456 e. The first-order valence-electron chi connectivity index (χ1n) is 20.8. The zero-order valence-corrected chi connectivity index (χ0v) is 33.4. The Morgan fingerprint density at radius 2 is 0.967 bits per heavy atom. The fraction of sp³-hybridized carbons (Fsp3) is 0.0364. The van der Waals surface area contributed by atoms with E-state index >= 15 is 0 Å². The number of rotatable bonds is 4. The number of hydrogen-bond donors (Lipinski definition) is 0. The fourth-order valence-electron chi connectivity index (χ4n) is 9.09. The maximum Gasteiger partial charge on any atom is 0.238 e. The van der Waals surface area contributed by atoms with Gasteiger partial charge in [-0.15, -0.1) is 0 Å². The van der Waals surface area contributed by atoms with Gasteiger partial charge in [-0.05, 0) is 75.6 Å². The quantitative estimate of drug-likeness (QED) is 0.178. The van der Waals surface area contributed by atoms with Gasteiger partial charge in [-0.1, -0.05) is 147 Å². The molecule has 0 aliphatic heterocycles. The Labute approximate surface area is 350 Å². The van der Waals surface area contributed by atoms with E-state index in [9.17, 15) is 0 Å². The minimum atomic E-state index is 0.526. The van der Waals surface area contributed by atoms with Gasteiger partial charge in [0.1, 0.15) is 22.3 Å². The molecule has 0 saturated heterocycles. The Bertz CT molecular complexity index is 3870. The molecule has 13 rings (SSSR count). The van der Waals surface area contributed by atoms with E-state index in [1.54, 1.807) is 0 Å². The van der Waals surface area contributed by atoms with Crippen LogP contribution in [-0.4, -0.2) is 19.5 Å². The van der Waals surface area contributed by atoms with Crippen LogP contribution in [0.25, 0.3) is 127 Å². The molecule has 288 valence electrons. The van der Waals surface area contributed by atoms with Crippen LogP contribution in [0.5, 0.6) is 0 Å². The van der Waals surface area contributed by atoms with Crippen LogP contribution in [0.4, 0.5) is 0 Å². The molecule has 0 spiro atoms. The van der Waals surface area contributed by atoms with Crippen molar-refractivity contribution in [1.82, 2.24) is 19.5 Å². The van der Waals surface area contributed by atoms with Gasteiger partial charge in [-0.25, -0.2) is 4.98 Å². The predicted octanol–water partition coefficient (Wildman–Crippen LogP) is 15.1. The standard InChI is InChI=1S/C53H30N4O2.C2H6/c1-2-12-33-28-35(21-20-31(33)10-1)51-54-52(36-23-25-41-40-15-6-8-19-45(40)58-47(41)30-36)56-53(55-51)57-44-18-7-5-14-39(44)42-17-9-16-38(50(42)57)34-22-26-43-48(29-34)59-46-27-24-32-11-3-4-13-37(32)49(43)46;1-2/h1-30H;1-2H3. The van der Waals surface area contributed by atoms with Crippen LogP contribution in [0.15, 0.2) is 191 Å². The maximum absolute atomic E-state index is 6.57. The highest BCUT2D eigenvalue weighted by Crippen LogP contribution is 2.41. The summed E-state index contributed by atoms with van der Waals surface area (Å²) in [7, 11) is 0. The van der Waals surface area contributed by atoms with Crippen molar-refractivity contribution in [3.05, 3.63) is 182 Å². The van der Waals surface area contributed by atoms with Crippen molar-refractivity contribution in [2.24, 2.45) is 0 Å². The molecule has 0 saturated carbocycles. The highest BCUT2D eigenvalue weighted by molar-refractivity contribution is 6.20. The smallest absolute Gasteiger partial charge is 0.238 e. The monoisotopic (exact) mass is 784 g/mol. The molecule has 0 bridgehead atoms. The number of para-hydroxylation sites is 3. The normalized spacial score (nSPS) is 11.8. The van der Waals surface area contributed by atoms with E-state index in [1.807, 2.05) is 38.1 Å². The summed E-state index contributed by atoms with van der Waals surface area (Å²) in [6, 6.07) is 63.3. The zero-order chi connectivity index (χ0) is 40.6. The summed E-state index contributed by atoms with van der Waals surface area (Å²) in [5.41, 5.74) is 9.18. The summed E-state index contributed by atoms with van der Waals surface area (Å²) in [6.45, 7) is 4.00. The van der Waals surface area contributed by atoms with Crippen LogP contribution in [0.2, 0.25) is 0 Å². The Morgan fingerprint density at radius 1 is 0.377 bits per heavy atom. The molecule has 0 aliphatic rings. The molecule has 0 fully saturated rings. The lowest BCUT2D eigenvalue weighted by atomic mass is 9.99. The number of hydrogen-bond acceptors (Lipinski definition) is 5. The minimum absolute atomic E-state index is 0.526. The molecule has 0 aliphatic carbocycles. The molecule has 0 amide bonds. The Kier molecular flexibility index (Phi) is 7.87. The molecule has 0 radical (unpaired) electrons. The van der Waals surface area contributed by atoms with Crippen LogP contribution in [0.1, 0.15) is 13.8 Å². The summed E-state index contributed by atoms with van der Waals surface area (Å²) in [6.07, 6.45) is 0. The number of nitrogens with zero attached hydrogens (tertiary/aromatic N) is 4. The van der Waals surface area contributed by atoms with E-state index in [0.29, 0.717) is 17.6 Å². The van der Waals surface area contributed by atoms with Crippen LogP contribution >= 0.6 is 0 Å². The van der Waals surface area contributed by atoms with Gasteiger partial charge in [-0.3, -0.25) is 4.57 Å². The van der Waals surface area contributed by atoms with E-state index in [-0.39, 0.29) is 0 Å². The average molecular weight is 785 g/mol. The molecule has 6 nitrogen and oxygen atoms in total. The van der Waals surface area contributed by atoms with Crippen LogP contribution in [0, 0.1) is 0 Å². The first-order chi connectivity index (χ1) is 30.2. The van der Waals surface area contributed by atoms with Crippen molar-refractivity contribution in [1.29, 1.82) is 0 Å². The third-order valence-electron chi connectivity index (χ3n) is 11.8. The van der Waals surface area contributed by atoms with Gasteiger partial charge in [0.2, 0.25) is 5.95 Å². The summed E-state index contributed by atoms with van der Waals surface area (Å²) < 4.78 is 15.1. The van der Waals surface area contributed by atoms with Gasteiger partial charge in [0, 0.05) is 49.0 Å². The van der Waals surface area contributed by atoms with Gasteiger partial charge in [0.05, 0.1) is 11.0 Å². The first-order valence-corrected chi connectivity index (χ1v) is 20.8. The number of furan rings is 2. The van der Waals surface area contributed by atoms with Crippen molar-refractivity contribution in [3.8, 4) is 39.9 Å². The van der Waals surface area contributed by atoms with Gasteiger partial charge >= 0.3 is 0 Å². The molecule has 9 aromatic carbocycles. The average Bonchev–Trinajstić information content (AvgIpc) is 4.01. The molecule has 0 atom stereocenters. The molecule has 0 unspecified atom stereocenters. The second kappa shape index (κ2) is 13.8. The van der Waals surface area contributed by atoms with E-state index in [0.717, 1.165) is 98.7 Å². The van der Waals surface area contributed by atoms with E-state index in [2.05, 4.69) is 162 Å². The Morgan fingerprint density at radius 3 is 1.84 bits per heavy atom. The van der Waals surface area contributed by atoms with E-state index in [4.69, 9.17) is 23.8 Å². The van der Waals surface area contributed by atoms with E-state index in [1.165, 1.54) is 10.8 Å². The zero-order valence-electron chi connectivity index (χ0n) is 33.4. The lowest BCUT2D eigenvalue weighted by Gasteiger charge is -2.13. The van der Waals surface area contributed by atoms with Gasteiger partial charge in [0.25, 0.3) is 0 Å². The molecule has 61 heavy (non-hydrogen) atoms. The second-order valence-corrected chi connectivity index (χ2v) is 15.2. The third-order valence-corrected chi connectivity index (χ3v) is 11.8. The van der Waals surface area contributed by atoms with Gasteiger partial charge < -0.3 is 8.83 Å². The van der Waals surface area contributed by atoms with Gasteiger partial charge in [0.15, 0.2) is 11.6 Å². The summed E-state index contributed by atoms with van der Waals surface area (Å²) in [5, 5.41) is 11.2. The molecular formula is C55H36N4O2. The lowest BCUT2D eigenvalue weighted by Crippen LogP contribution is -2.07. The maximum atomic E-state index is 6.57. The SMILES string of the molecule is CC.c1ccc2cc(-c3nc(-c4ccc5c(c4)oc4ccccc45)nc(-n4c5ccccc5c5cccc(-c6ccc7c(c6)oc6ccc8ccccc8c67)c54)n3)ccc2c1. The first kappa shape index (κ1) is 34.9. The van der Waals surface area contributed by atoms with Gasteiger partial charge in [-0.2, -0.15) is 9.97 Å². The second-order valence-electron chi connectivity index (χ2n) is 15.2.